The molecule has 0 spiro atoms. The SMILES string of the molecule is COc1ccc(CN2CCN(C(=O)c3c(C)nn(-c4ccccc4)c3Cl)CC2)c(OC)c1OC. The van der Waals surface area contributed by atoms with Crippen LogP contribution in [-0.2, 0) is 6.54 Å². The lowest BCUT2D eigenvalue weighted by atomic mass is 10.1. The minimum atomic E-state index is -0.0898. The highest BCUT2D eigenvalue weighted by molar-refractivity contribution is 6.33. The van der Waals surface area contributed by atoms with Crippen LogP contribution >= 0.6 is 11.6 Å². The van der Waals surface area contributed by atoms with Crippen LogP contribution in [0.3, 0.4) is 0 Å². The Labute approximate surface area is 204 Å². The van der Waals surface area contributed by atoms with Gasteiger partial charge in [0.15, 0.2) is 11.5 Å². The molecule has 0 saturated carbocycles. The molecule has 0 atom stereocenters. The maximum absolute atomic E-state index is 13.3. The Bertz CT molecular complexity index is 1160. The van der Waals surface area contributed by atoms with Gasteiger partial charge in [0, 0.05) is 38.3 Å². The third kappa shape index (κ3) is 4.56. The second-order valence-electron chi connectivity index (χ2n) is 8.06. The molecule has 9 heteroatoms. The number of carbonyl (C=O) groups is 1. The first-order valence-electron chi connectivity index (χ1n) is 11.1. The van der Waals surface area contributed by atoms with Crippen molar-refractivity contribution >= 4 is 17.5 Å². The molecule has 0 radical (unpaired) electrons. The van der Waals surface area contributed by atoms with E-state index in [0.29, 0.717) is 53.3 Å². The first-order chi connectivity index (χ1) is 16.5. The molecule has 1 saturated heterocycles. The molecule has 180 valence electrons. The highest BCUT2D eigenvalue weighted by Crippen LogP contribution is 2.40. The molecule has 3 aromatic rings. The van der Waals surface area contributed by atoms with Crippen LogP contribution in [0.1, 0.15) is 21.6 Å². The number of halogens is 1. The van der Waals surface area contributed by atoms with E-state index in [2.05, 4.69) is 10.00 Å². The van der Waals surface area contributed by atoms with Crippen molar-refractivity contribution in [3.8, 4) is 22.9 Å². The summed E-state index contributed by atoms with van der Waals surface area (Å²) in [6.07, 6.45) is 0. The highest BCUT2D eigenvalue weighted by Gasteiger charge is 2.29. The molecular weight excluding hydrogens is 456 g/mol. The lowest BCUT2D eigenvalue weighted by Gasteiger charge is -2.35. The van der Waals surface area contributed by atoms with Crippen LogP contribution in [0, 0.1) is 6.92 Å². The number of nitrogens with zero attached hydrogens (tertiary/aromatic N) is 4. The van der Waals surface area contributed by atoms with E-state index < -0.39 is 0 Å². The third-order valence-corrected chi connectivity index (χ3v) is 6.41. The molecule has 1 aromatic heterocycles. The van der Waals surface area contributed by atoms with Gasteiger partial charge in [0.2, 0.25) is 5.75 Å². The predicted molar refractivity (Wildman–Crippen MR) is 131 cm³/mol. The molecule has 0 N–H and O–H groups in total. The molecule has 0 aliphatic carbocycles. The van der Waals surface area contributed by atoms with Crippen molar-refractivity contribution in [2.45, 2.75) is 13.5 Å². The molecular formula is C25H29ClN4O4. The fraction of sp³-hybridized carbons (Fsp3) is 0.360. The smallest absolute Gasteiger partial charge is 0.258 e. The normalized spacial score (nSPS) is 14.2. The summed E-state index contributed by atoms with van der Waals surface area (Å²) in [5.74, 6) is 1.78. The van der Waals surface area contributed by atoms with Gasteiger partial charge < -0.3 is 19.1 Å². The van der Waals surface area contributed by atoms with Crippen LogP contribution in [0.5, 0.6) is 17.2 Å². The van der Waals surface area contributed by atoms with Crippen molar-refractivity contribution in [2.24, 2.45) is 0 Å². The summed E-state index contributed by atoms with van der Waals surface area (Å²) in [5.41, 5.74) is 2.91. The first-order valence-corrected chi connectivity index (χ1v) is 11.5. The first kappa shape index (κ1) is 23.9. The fourth-order valence-electron chi connectivity index (χ4n) is 4.28. The monoisotopic (exact) mass is 484 g/mol. The van der Waals surface area contributed by atoms with E-state index in [-0.39, 0.29) is 5.91 Å². The largest absolute Gasteiger partial charge is 0.493 e. The lowest BCUT2D eigenvalue weighted by molar-refractivity contribution is 0.0626. The van der Waals surface area contributed by atoms with E-state index in [0.717, 1.165) is 24.3 Å². The third-order valence-electron chi connectivity index (χ3n) is 6.06. The summed E-state index contributed by atoms with van der Waals surface area (Å²) in [4.78, 5) is 17.5. The van der Waals surface area contributed by atoms with E-state index in [9.17, 15) is 4.79 Å². The standard InChI is InChI=1S/C25H29ClN4O4/c1-17-21(24(26)30(27-17)19-8-6-5-7-9-19)25(31)29-14-12-28(13-15-29)16-18-10-11-20(32-2)23(34-4)22(18)33-3/h5-11H,12-16H2,1-4H3. The molecule has 34 heavy (non-hydrogen) atoms. The van der Waals surface area contributed by atoms with E-state index in [1.165, 1.54) is 0 Å². The Morgan fingerprint density at radius 3 is 2.24 bits per heavy atom. The van der Waals surface area contributed by atoms with Crippen molar-refractivity contribution in [2.75, 3.05) is 47.5 Å². The molecule has 0 unspecified atom stereocenters. The number of ether oxygens (including phenoxy) is 3. The molecule has 1 fully saturated rings. The minimum Gasteiger partial charge on any atom is -0.493 e. The Hall–Kier alpha value is -3.23. The van der Waals surface area contributed by atoms with Crippen molar-refractivity contribution in [3.63, 3.8) is 0 Å². The van der Waals surface area contributed by atoms with Gasteiger partial charge in [0.25, 0.3) is 5.91 Å². The summed E-state index contributed by atoms with van der Waals surface area (Å²) < 4.78 is 18.1. The number of carbonyl (C=O) groups excluding carboxylic acids is 1. The minimum absolute atomic E-state index is 0.0898. The number of methoxy groups -OCH3 is 3. The fourth-order valence-corrected chi connectivity index (χ4v) is 4.63. The van der Waals surface area contributed by atoms with Gasteiger partial charge in [-0.05, 0) is 25.1 Å². The van der Waals surface area contributed by atoms with Crippen molar-refractivity contribution in [1.82, 2.24) is 19.6 Å². The number of amides is 1. The van der Waals surface area contributed by atoms with Crippen molar-refractivity contribution < 1.29 is 19.0 Å². The number of aryl methyl sites for hydroxylation is 1. The van der Waals surface area contributed by atoms with Crippen LogP contribution in [0.2, 0.25) is 5.15 Å². The van der Waals surface area contributed by atoms with E-state index in [1.807, 2.05) is 54.3 Å². The van der Waals surface area contributed by atoms with Crippen molar-refractivity contribution in [1.29, 1.82) is 0 Å². The molecule has 2 heterocycles. The van der Waals surface area contributed by atoms with Crippen LogP contribution in [0.4, 0.5) is 0 Å². The summed E-state index contributed by atoms with van der Waals surface area (Å²) in [6, 6.07) is 13.4. The summed E-state index contributed by atoms with van der Waals surface area (Å²) >= 11 is 6.61. The second-order valence-corrected chi connectivity index (χ2v) is 8.42. The summed E-state index contributed by atoms with van der Waals surface area (Å²) in [5, 5.41) is 4.85. The molecule has 1 amide bonds. The number of rotatable bonds is 7. The van der Waals surface area contributed by atoms with Gasteiger partial charge in [-0.15, -0.1) is 0 Å². The summed E-state index contributed by atoms with van der Waals surface area (Å²) in [6.45, 7) is 5.15. The Morgan fingerprint density at radius 1 is 0.941 bits per heavy atom. The number of hydrogen-bond donors (Lipinski definition) is 0. The van der Waals surface area contributed by atoms with Gasteiger partial charge in [-0.2, -0.15) is 5.10 Å². The molecule has 4 rings (SSSR count). The lowest BCUT2D eigenvalue weighted by Crippen LogP contribution is -2.48. The van der Waals surface area contributed by atoms with Crippen LogP contribution in [0.15, 0.2) is 42.5 Å². The average molecular weight is 485 g/mol. The molecule has 1 aliphatic rings. The maximum atomic E-state index is 13.3. The van der Waals surface area contributed by atoms with Crippen LogP contribution in [-0.4, -0.2) is 73.0 Å². The number of aromatic nitrogens is 2. The van der Waals surface area contributed by atoms with E-state index in [4.69, 9.17) is 25.8 Å². The zero-order chi connectivity index (χ0) is 24.2. The van der Waals surface area contributed by atoms with Gasteiger partial charge in [-0.1, -0.05) is 35.9 Å². The number of para-hydroxylation sites is 1. The van der Waals surface area contributed by atoms with E-state index >= 15 is 0 Å². The van der Waals surface area contributed by atoms with E-state index in [1.54, 1.807) is 26.0 Å². The Kier molecular flexibility index (Phi) is 7.29. The van der Waals surface area contributed by atoms with Gasteiger partial charge in [-0.25, -0.2) is 4.68 Å². The Morgan fingerprint density at radius 2 is 1.62 bits per heavy atom. The predicted octanol–water partition coefficient (Wildman–Crippen LogP) is 3.82. The highest BCUT2D eigenvalue weighted by atomic mass is 35.5. The quantitative estimate of drug-likeness (QED) is 0.508. The van der Waals surface area contributed by atoms with Gasteiger partial charge in [0.05, 0.1) is 38.3 Å². The molecule has 1 aliphatic heterocycles. The zero-order valence-corrected chi connectivity index (χ0v) is 20.6. The van der Waals surface area contributed by atoms with Crippen LogP contribution in [0.25, 0.3) is 5.69 Å². The topological polar surface area (TPSA) is 69.1 Å². The molecule has 8 nitrogen and oxygen atoms in total. The molecule has 2 aromatic carbocycles. The van der Waals surface area contributed by atoms with Gasteiger partial charge in [0.1, 0.15) is 5.15 Å². The van der Waals surface area contributed by atoms with Crippen LogP contribution < -0.4 is 14.2 Å². The maximum Gasteiger partial charge on any atom is 0.258 e. The van der Waals surface area contributed by atoms with Gasteiger partial charge in [-0.3, -0.25) is 9.69 Å². The zero-order valence-electron chi connectivity index (χ0n) is 19.9. The average Bonchev–Trinajstić information content (AvgIpc) is 3.17. The molecule has 0 bridgehead atoms. The Balaban J connectivity index is 1.45. The van der Waals surface area contributed by atoms with Crippen molar-refractivity contribution in [3.05, 3.63) is 64.4 Å². The number of piperazine rings is 1. The summed E-state index contributed by atoms with van der Waals surface area (Å²) in [7, 11) is 4.82. The number of hydrogen-bond acceptors (Lipinski definition) is 6. The second kappa shape index (κ2) is 10.4. The van der Waals surface area contributed by atoms with Gasteiger partial charge >= 0.3 is 0 Å². The number of benzene rings is 2.